The van der Waals surface area contributed by atoms with Crippen LogP contribution in [0.4, 0.5) is 0 Å². The molecule has 0 radical (unpaired) electrons. The van der Waals surface area contributed by atoms with Gasteiger partial charge in [0.05, 0.1) is 0 Å². The van der Waals surface area contributed by atoms with E-state index in [0.717, 1.165) is 33.9 Å². The minimum atomic E-state index is 0. The largest absolute Gasteiger partial charge is 3.00 e. The van der Waals surface area contributed by atoms with Gasteiger partial charge in [0.15, 0.2) is 0 Å². The Bertz CT molecular complexity index is 1330. The molecule has 0 bridgehead atoms. The summed E-state index contributed by atoms with van der Waals surface area (Å²) in [6.45, 7) is 0. The summed E-state index contributed by atoms with van der Waals surface area (Å²) >= 11 is 0. The van der Waals surface area contributed by atoms with Crippen LogP contribution in [0.2, 0.25) is 0 Å². The number of rotatable bonds is 4. The van der Waals surface area contributed by atoms with Crippen LogP contribution in [0.15, 0.2) is 122 Å². The van der Waals surface area contributed by atoms with E-state index in [0.29, 0.717) is 0 Å². The molecule has 0 saturated carbocycles. The maximum atomic E-state index is 4.65. The summed E-state index contributed by atoms with van der Waals surface area (Å²) in [7, 11) is 0. The molecule has 6 aromatic rings. The van der Waals surface area contributed by atoms with Crippen LogP contribution in [0.1, 0.15) is 0 Å². The molecule has 0 N–H and O–H groups in total. The van der Waals surface area contributed by atoms with E-state index in [1.165, 1.54) is 0 Å². The van der Waals surface area contributed by atoms with E-state index in [9.17, 15) is 0 Å². The molecule has 0 spiro atoms. The fourth-order valence-electron chi connectivity index (χ4n) is 3.37. The topological polar surface area (TPSA) is 48.5 Å². The zero-order chi connectivity index (χ0) is 23.0. The van der Waals surface area contributed by atoms with Crippen molar-refractivity contribution in [3.63, 3.8) is 0 Å². The number of hydrogen-bond acceptors (Lipinski definition) is 3. The van der Waals surface area contributed by atoms with Crippen LogP contribution in [-0.2, 0) is 20.1 Å². The molecule has 6 heteroatoms. The molecule has 35 heavy (non-hydrogen) atoms. The fraction of sp³-hybridized carbons (Fsp3) is 0. The van der Waals surface area contributed by atoms with E-state index >= 15 is 0 Å². The van der Waals surface area contributed by atoms with E-state index in [4.69, 9.17) is 0 Å². The second-order valence-corrected chi connectivity index (χ2v) is 7.28. The average Bonchev–Trinajstić information content (AvgIpc) is 3.66. The predicted molar refractivity (Wildman–Crippen MR) is 132 cm³/mol. The molecule has 3 aromatic heterocycles. The van der Waals surface area contributed by atoms with Gasteiger partial charge in [0, 0.05) is 24.8 Å². The molecule has 0 fully saturated rings. The number of benzene rings is 3. The second-order valence-electron chi connectivity index (χ2n) is 7.28. The first-order valence-corrected chi connectivity index (χ1v) is 10.8. The Kier molecular flexibility index (Phi) is 8.12. The maximum absolute atomic E-state index is 4.65. The standard InChI is InChI=1S/C17H11N.C12H9N4.Ir/c1-3-8-14(9-4-1)16-12-7-13-17(18-16)15-10-5-2-6-11-15;1-4-11(15-8-2-6-13-15)10-12(5-1)16-9-3-7-14-16;/h1-8,10,12-13H;1-9H;/q-2;-1;+3. The van der Waals surface area contributed by atoms with E-state index in [1.807, 2.05) is 109 Å². The van der Waals surface area contributed by atoms with Gasteiger partial charge in [-0.25, -0.2) is 0 Å². The molecule has 6 rings (SSSR count). The molecular weight excluding hydrogens is 611 g/mol. The van der Waals surface area contributed by atoms with Gasteiger partial charge in [-0.05, 0) is 34.9 Å². The van der Waals surface area contributed by atoms with Crippen LogP contribution in [0.3, 0.4) is 0 Å². The Labute approximate surface area is 218 Å². The summed E-state index contributed by atoms with van der Waals surface area (Å²) < 4.78 is 3.54. The van der Waals surface area contributed by atoms with E-state index in [1.54, 1.807) is 21.8 Å². The van der Waals surface area contributed by atoms with Crippen LogP contribution >= 0.6 is 0 Å². The van der Waals surface area contributed by atoms with Crippen molar-refractivity contribution in [2.45, 2.75) is 0 Å². The number of pyridine rings is 1. The molecule has 0 atom stereocenters. The summed E-state index contributed by atoms with van der Waals surface area (Å²) in [6.07, 6.45) is 7.26. The SMILES string of the molecule is [Ir+3].[c-]1c(-n2cccn2)cccc1-n1cccn1.[c-]1ccccc1-c1cccc(-c2[c-]cccc2)n1. The summed E-state index contributed by atoms with van der Waals surface area (Å²) in [5, 5.41) is 8.33. The molecular formula is C29H20IrN5. The Balaban J connectivity index is 0.000000161. The Hall–Kier alpha value is -4.12. The Morgan fingerprint density at radius 2 is 1.06 bits per heavy atom. The zero-order valence-corrected chi connectivity index (χ0v) is 21.0. The molecule has 3 aromatic carbocycles. The molecule has 0 amide bonds. The average molecular weight is 631 g/mol. The van der Waals surface area contributed by atoms with Crippen molar-refractivity contribution >= 4 is 0 Å². The van der Waals surface area contributed by atoms with Crippen molar-refractivity contribution in [1.82, 2.24) is 24.5 Å². The van der Waals surface area contributed by atoms with Gasteiger partial charge in [0.25, 0.3) is 0 Å². The first-order chi connectivity index (χ1) is 16.9. The summed E-state index contributed by atoms with van der Waals surface area (Å²) in [5.74, 6) is 0. The van der Waals surface area contributed by atoms with Crippen molar-refractivity contribution in [3.8, 4) is 33.9 Å². The first-order valence-electron chi connectivity index (χ1n) is 10.8. The third kappa shape index (κ3) is 6.07. The van der Waals surface area contributed by atoms with Crippen LogP contribution in [0, 0.1) is 18.2 Å². The van der Waals surface area contributed by atoms with E-state index in [-0.39, 0.29) is 20.1 Å². The van der Waals surface area contributed by atoms with Crippen molar-refractivity contribution < 1.29 is 20.1 Å². The number of aromatic nitrogens is 5. The molecule has 0 saturated heterocycles. The van der Waals surface area contributed by atoms with Gasteiger partial charge < -0.3 is 4.98 Å². The number of hydrogen-bond donors (Lipinski definition) is 0. The minimum absolute atomic E-state index is 0. The van der Waals surface area contributed by atoms with Crippen LogP contribution in [0.25, 0.3) is 33.9 Å². The Morgan fingerprint density at radius 1 is 0.543 bits per heavy atom. The van der Waals surface area contributed by atoms with E-state index in [2.05, 4.69) is 33.4 Å². The summed E-state index contributed by atoms with van der Waals surface area (Å²) in [5.41, 5.74) is 5.69. The second kappa shape index (κ2) is 11.8. The van der Waals surface area contributed by atoms with Gasteiger partial charge in [0.2, 0.25) is 0 Å². The fourth-order valence-corrected chi connectivity index (χ4v) is 3.37. The molecule has 0 aliphatic rings. The first kappa shape index (κ1) is 24.0. The summed E-state index contributed by atoms with van der Waals surface area (Å²) in [4.78, 5) is 4.65. The van der Waals surface area contributed by atoms with Gasteiger partial charge in [0.1, 0.15) is 0 Å². The summed E-state index contributed by atoms with van der Waals surface area (Å²) in [6, 6.07) is 41.0. The van der Waals surface area contributed by atoms with Gasteiger partial charge in [-0.15, -0.1) is 90.0 Å². The normalized spacial score (nSPS) is 10.1. The monoisotopic (exact) mass is 631 g/mol. The van der Waals surface area contributed by atoms with Gasteiger partial charge >= 0.3 is 20.1 Å². The quantitative estimate of drug-likeness (QED) is 0.229. The van der Waals surface area contributed by atoms with Crippen molar-refractivity contribution in [3.05, 3.63) is 140 Å². The molecule has 0 aliphatic carbocycles. The minimum Gasteiger partial charge on any atom is -0.345 e. The van der Waals surface area contributed by atoms with Gasteiger partial charge in [-0.3, -0.25) is 9.36 Å². The maximum Gasteiger partial charge on any atom is 3.00 e. The molecule has 0 unspecified atom stereocenters. The van der Waals surface area contributed by atoms with Crippen LogP contribution in [-0.4, -0.2) is 24.5 Å². The third-order valence-corrected chi connectivity index (χ3v) is 4.99. The van der Waals surface area contributed by atoms with Gasteiger partial charge in [-0.2, -0.15) is 16.3 Å². The number of nitrogens with zero attached hydrogens (tertiary/aromatic N) is 5. The predicted octanol–water partition coefficient (Wildman–Crippen LogP) is 5.87. The molecule has 0 aliphatic heterocycles. The Morgan fingerprint density at radius 3 is 1.49 bits per heavy atom. The van der Waals surface area contributed by atoms with Crippen LogP contribution in [0.5, 0.6) is 0 Å². The molecule has 3 heterocycles. The van der Waals surface area contributed by atoms with Crippen molar-refractivity contribution in [2.24, 2.45) is 0 Å². The van der Waals surface area contributed by atoms with Crippen LogP contribution < -0.4 is 0 Å². The van der Waals surface area contributed by atoms with Crippen molar-refractivity contribution in [2.75, 3.05) is 0 Å². The van der Waals surface area contributed by atoms with E-state index < -0.39 is 0 Å². The van der Waals surface area contributed by atoms with Crippen molar-refractivity contribution in [1.29, 1.82) is 0 Å². The molecule has 170 valence electrons. The molecule has 5 nitrogen and oxygen atoms in total. The zero-order valence-electron chi connectivity index (χ0n) is 18.6. The third-order valence-electron chi connectivity index (χ3n) is 4.99. The smallest absolute Gasteiger partial charge is 0.345 e. The van der Waals surface area contributed by atoms with Gasteiger partial charge in [-0.1, -0.05) is 18.2 Å².